The van der Waals surface area contributed by atoms with Gasteiger partial charge < -0.3 is 14.4 Å². The number of nitrogens with one attached hydrogen (secondary N) is 2. The zero-order valence-electron chi connectivity index (χ0n) is 17.0. The van der Waals surface area contributed by atoms with E-state index >= 15 is 0 Å². The minimum atomic E-state index is -0.602. The second-order valence-corrected chi connectivity index (χ2v) is 7.72. The van der Waals surface area contributed by atoms with Crippen molar-refractivity contribution >= 4 is 29.5 Å². The molecule has 2 N–H and O–H groups in total. The van der Waals surface area contributed by atoms with E-state index in [0.29, 0.717) is 40.1 Å². The molecule has 10 heteroatoms. The van der Waals surface area contributed by atoms with Gasteiger partial charge in [0.15, 0.2) is 5.82 Å². The Kier molecular flexibility index (Phi) is 6.08. The predicted molar refractivity (Wildman–Crippen MR) is 117 cm³/mol. The summed E-state index contributed by atoms with van der Waals surface area (Å²) >= 11 is 1.53. The number of aromatic amines is 1. The minimum absolute atomic E-state index is 0.127. The number of nitrogens with zero attached hydrogens (tertiary/aromatic N) is 3. The van der Waals surface area contributed by atoms with Crippen molar-refractivity contribution in [1.82, 2.24) is 20.1 Å². The first-order valence-electron chi connectivity index (χ1n) is 9.50. The standard InChI is InChI=1S/C21H21N5O4S/c1-29-14-8-9-15(17(10-14)30-2)18-22-21(25-24-18)23-19(27)16-11-31-12-26(16)20(28)13-6-4-3-5-7-13/h3-10,16H,11-12H2,1-2H3,(H2,22,23,24,25,27)/t16-/m0/s1. The van der Waals surface area contributed by atoms with E-state index in [1.165, 1.54) is 11.8 Å². The predicted octanol–water partition coefficient (Wildman–Crippen LogP) is 2.64. The average molecular weight is 439 g/mol. The Morgan fingerprint density at radius 2 is 1.97 bits per heavy atom. The summed E-state index contributed by atoms with van der Waals surface area (Å²) in [5, 5.41) is 9.60. The van der Waals surface area contributed by atoms with Crippen LogP contribution in [0.15, 0.2) is 48.5 Å². The Bertz CT molecular complexity index is 1090. The Morgan fingerprint density at radius 3 is 2.71 bits per heavy atom. The highest BCUT2D eigenvalue weighted by atomic mass is 32.2. The van der Waals surface area contributed by atoms with Crippen LogP contribution >= 0.6 is 11.8 Å². The number of H-pyrrole nitrogens is 1. The molecule has 2 aromatic carbocycles. The van der Waals surface area contributed by atoms with E-state index in [1.54, 1.807) is 61.6 Å². The Hall–Kier alpha value is -3.53. The highest BCUT2D eigenvalue weighted by Gasteiger charge is 2.35. The number of hydrogen-bond donors (Lipinski definition) is 2. The molecule has 1 aliphatic heterocycles. The van der Waals surface area contributed by atoms with Crippen LogP contribution in [0.2, 0.25) is 0 Å². The van der Waals surface area contributed by atoms with Crippen LogP contribution in [0.4, 0.5) is 5.95 Å². The van der Waals surface area contributed by atoms with Crippen molar-refractivity contribution in [2.75, 3.05) is 31.2 Å². The quantitative estimate of drug-likeness (QED) is 0.608. The van der Waals surface area contributed by atoms with Gasteiger partial charge in [0, 0.05) is 17.4 Å². The third-order valence-corrected chi connectivity index (χ3v) is 5.86. The smallest absolute Gasteiger partial charge is 0.255 e. The normalized spacial score (nSPS) is 15.5. The number of amides is 2. The molecule has 31 heavy (non-hydrogen) atoms. The number of carbonyl (C=O) groups is 2. The van der Waals surface area contributed by atoms with Crippen molar-refractivity contribution in [1.29, 1.82) is 0 Å². The lowest BCUT2D eigenvalue weighted by Crippen LogP contribution is -2.44. The van der Waals surface area contributed by atoms with Crippen LogP contribution in [0.1, 0.15) is 10.4 Å². The summed E-state index contributed by atoms with van der Waals surface area (Å²) in [7, 11) is 3.12. The lowest BCUT2D eigenvalue weighted by molar-refractivity contribution is -0.119. The van der Waals surface area contributed by atoms with Crippen LogP contribution in [-0.4, -0.2) is 63.8 Å². The van der Waals surface area contributed by atoms with E-state index in [2.05, 4.69) is 20.5 Å². The van der Waals surface area contributed by atoms with Gasteiger partial charge in [-0.2, -0.15) is 4.98 Å². The van der Waals surface area contributed by atoms with Gasteiger partial charge in [-0.25, -0.2) is 0 Å². The highest BCUT2D eigenvalue weighted by molar-refractivity contribution is 7.99. The Morgan fingerprint density at radius 1 is 1.16 bits per heavy atom. The number of hydrogen-bond acceptors (Lipinski definition) is 7. The largest absolute Gasteiger partial charge is 0.497 e. The molecule has 1 atom stereocenters. The van der Waals surface area contributed by atoms with Crippen molar-refractivity contribution in [2.24, 2.45) is 0 Å². The van der Waals surface area contributed by atoms with Crippen molar-refractivity contribution in [3.63, 3.8) is 0 Å². The van der Waals surface area contributed by atoms with Crippen LogP contribution in [0, 0.1) is 0 Å². The fraction of sp³-hybridized carbons (Fsp3) is 0.238. The van der Waals surface area contributed by atoms with Crippen LogP contribution in [0.3, 0.4) is 0 Å². The average Bonchev–Trinajstić information content (AvgIpc) is 3.48. The maximum atomic E-state index is 12.9. The summed E-state index contributed by atoms with van der Waals surface area (Å²) in [5.41, 5.74) is 1.23. The van der Waals surface area contributed by atoms with Crippen molar-refractivity contribution in [2.45, 2.75) is 6.04 Å². The molecule has 1 saturated heterocycles. The lowest BCUT2D eigenvalue weighted by atomic mass is 10.1. The molecule has 2 heterocycles. The van der Waals surface area contributed by atoms with Gasteiger partial charge >= 0.3 is 0 Å². The van der Waals surface area contributed by atoms with Crippen molar-refractivity contribution in [3.05, 3.63) is 54.1 Å². The second kappa shape index (κ2) is 9.09. The number of thioether (sulfide) groups is 1. The zero-order chi connectivity index (χ0) is 21.8. The molecule has 2 amide bonds. The van der Waals surface area contributed by atoms with Crippen LogP contribution < -0.4 is 14.8 Å². The zero-order valence-corrected chi connectivity index (χ0v) is 17.8. The molecule has 0 bridgehead atoms. The lowest BCUT2D eigenvalue weighted by Gasteiger charge is -2.22. The van der Waals surface area contributed by atoms with Gasteiger partial charge in [0.1, 0.15) is 17.5 Å². The van der Waals surface area contributed by atoms with Crippen molar-refractivity contribution in [3.8, 4) is 22.9 Å². The van der Waals surface area contributed by atoms with E-state index in [9.17, 15) is 9.59 Å². The van der Waals surface area contributed by atoms with Gasteiger partial charge in [0.25, 0.3) is 5.91 Å². The third-order valence-electron chi connectivity index (χ3n) is 4.85. The van der Waals surface area contributed by atoms with Crippen LogP contribution in [0.25, 0.3) is 11.4 Å². The first-order valence-corrected chi connectivity index (χ1v) is 10.7. The van der Waals surface area contributed by atoms with Gasteiger partial charge in [0.05, 0.1) is 25.7 Å². The molecule has 0 unspecified atom stereocenters. The summed E-state index contributed by atoms with van der Waals surface area (Å²) in [5.74, 6) is 2.22. The Labute approximate surface area is 183 Å². The molecule has 0 radical (unpaired) electrons. The first-order chi connectivity index (χ1) is 15.1. The number of methoxy groups -OCH3 is 2. The number of ether oxygens (including phenoxy) is 2. The Balaban J connectivity index is 1.48. The SMILES string of the molecule is COc1ccc(-c2nc(NC(=O)[C@@H]3CSCN3C(=O)c3ccccc3)n[nH]2)c(OC)c1. The van der Waals surface area contributed by atoms with Gasteiger partial charge in [-0.15, -0.1) is 16.9 Å². The molecule has 9 nitrogen and oxygen atoms in total. The van der Waals surface area contributed by atoms with Gasteiger partial charge in [-0.1, -0.05) is 18.2 Å². The van der Waals surface area contributed by atoms with E-state index in [0.717, 1.165) is 0 Å². The second-order valence-electron chi connectivity index (χ2n) is 6.72. The molecule has 3 aromatic rings. The fourth-order valence-corrected chi connectivity index (χ4v) is 4.39. The molecule has 0 saturated carbocycles. The highest BCUT2D eigenvalue weighted by Crippen LogP contribution is 2.31. The number of aromatic nitrogens is 3. The molecule has 1 fully saturated rings. The van der Waals surface area contributed by atoms with Crippen LogP contribution in [-0.2, 0) is 4.79 Å². The summed E-state index contributed by atoms with van der Waals surface area (Å²) in [6, 6.07) is 13.6. The molecule has 0 aliphatic carbocycles. The van der Waals surface area contributed by atoms with E-state index in [1.807, 2.05) is 6.07 Å². The summed E-state index contributed by atoms with van der Waals surface area (Å²) in [4.78, 5) is 31.6. The van der Waals surface area contributed by atoms with E-state index in [4.69, 9.17) is 9.47 Å². The maximum absolute atomic E-state index is 12.9. The monoisotopic (exact) mass is 439 g/mol. The number of benzene rings is 2. The molecule has 4 rings (SSSR count). The number of anilines is 1. The third kappa shape index (κ3) is 4.33. The fourth-order valence-electron chi connectivity index (χ4n) is 3.23. The molecule has 1 aliphatic rings. The molecule has 160 valence electrons. The number of carbonyl (C=O) groups excluding carboxylic acids is 2. The summed E-state index contributed by atoms with van der Waals surface area (Å²) in [6.07, 6.45) is 0. The van der Waals surface area contributed by atoms with E-state index in [-0.39, 0.29) is 17.8 Å². The van der Waals surface area contributed by atoms with Crippen molar-refractivity contribution < 1.29 is 19.1 Å². The van der Waals surface area contributed by atoms with Gasteiger partial charge in [0.2, 0.25) is 11.9 Å². The topological polar surface area (TPSA) is 109 Å². The number of rotatable bonds is 6. The van der Waals surface area contributed by atoms with Gasteiger partial charge in [-0.3, -0.25) is 20.0 Å². The molecular formula is C21H21N5O4S. The van der Waals surface area contributed by atoms with Crippen LogP contribution in [0.5, 0.6) is 11.5 Å². The van der Waals surface area contributed by atoms with Gasteiger partial charge in [-0.05, 0) is 24.3 Å². The summed E-state index contributed by atoms with van der Waals surface area (Å²) < 4.78 is 10.6. The van der Waals surface area contributed by atoms with E-state index < -0.39 is 6.04 Å². The summed E-state index contributed by atoms with van der Waals surface area (Å²) in [6.45, 7) is 0. The first kappa shape index (κ1) is 20.7. The minimum Gasteiger partial charge on any atom is -0.497 e. The molecular weight excluding hydrogens is 418 g/mol. The molecule has 0 spiro atoms. The maximum Gasteiger partial charge on any atom is 0.255 e. The molecule has 1 aromatic heterocycles.